The van der Waals surface area contributed by atoms with Gasteiger partial charge in [-0.25, -0.2) is 9.78 Å². The van der Waals surface area contributed by atoms with Crippen LogP contribution < -0.4 is 10.6 Å². The third-order valence-electron chi connectivity index (χ3n) is 1.53. The summed E-state index contributed by atoms with van der Waals surface area (Å²) in [6.45, 7) is 3.76. The van der Waals surface area contributed by atoms with Gasteiger partial charge in [-0.2, -0.15) is 0 Å². The molecule has 0 aromatic carbocycles. The number of anilines is 1. The first-order valence-corrected chi connectivity index (χ1v) is 4.33. The predicted octanol–water partition coefficient (Wildman–Crippen LogP) is 2.05. The first-order chi connectivity index (χ1) is 6.72. The number of nitrogens with zero attached hydrogens (tertiary/aromatic N) is 1. The third-order valence-corrected chi connectivity index (χ3v) is 1.53. The largest absolute Gasteiger partial charge is 0.324 e. The van der Waals surface area contributed by atoms with Crippen molar-refractivity contribution in [2.75, 3.05) is 5.32 Å². The van der Waals surface area contributed by atoms with Crippen molar-refractivity contribution in [1.29, 1.82) is 0 Å². The molecular formula is C10H13N3O. The molecule has 0 aliphatic carbocycles. The van der Waals surface area contributed by atoms with Crippen LogP contribution in [0.25, 0.3) is 0 Å². The molecule has 1 heterocycles. The summed E-state index contributed by atoms with van der Waals surface area (Å²) in [6, 6.07) is 3.35. The maximum absolute atomic E-state index is 11.1. The number of aryl methyl sites for hydroxylation is 1. The molecule has 0 aliphatic rings. The SMILES string of the molecule is C/C=C/NC(=O)Nc1ccc(C)cn1. The van der Waals surface area contributed by atoms with E-state index in [4.69, 9.17) is 0 Å². The number of carbonyl (C=O) groups is 1. The highest BCUT2D eigenvalue weighted by Crippen LogP contribution is 2.02. The molecule has 74 valence electrons. The Labute approximate surface area is 83.0 Å². The lowest BCUT2D eigenvalue weighted by Crippen LogP contribution is -2.24. The highest BCUT2D eigenvalue weighted by atomic mass is 16.2. The van der Waals surface area contributed by atoms with Crippen LogP contribution in [0.15, 0.2) is 30.6 Å². The van der Waals surface area contributed by atoms with Crippen LogP contribution in [0.1, 0.15) is 12.5 Å². The van der Waals surface area contributed by atoms with E-state index in [1.54, 1.807) is 24.5 Å². The minimum absolute atomic E-state index is 0.292. The molecule has 0 fully saturated rings. The first kappa shape index (κ1) is 10.2. The van der Waals surface area contributed by atoms with E-state index in [0.717, 1.165) is 5.56 Å². The molecular weight excluding hydrogens is 178 g/mol. The van der Waals surface area contributed by atoms with Gasteiger partial charge in [0.05, 0.1) is 0 Å². The average molecular weight is 191 g/mol. The Morgan fingerprint density at radius 2 is 2.29 bits per heavy atom. The van der Waals surface area contributed by atoms with Gasteiger partial charge in [0.1, 0.15) is 5.82 Å². The monoisotopic (exact) mass is 191 g/mol. The third kappa shape index (κ3) is 3.26. The van der Waals surface area contributed by atoms with E-state index in [1.165, 1.54) is 0 Å². The van der Waals surface area contributed by atoms with Crippen molar-refractivity contribution in [2.24, 2.45) is 0 Å². The van der Waals surface area contributed by atoms with Gasteiger partial charge in [0, 0.05) is 12.4 Å². The molecule has 0 aliphatic heterocycles. The topological polar surface area (TPSA) is 54.0 Å². The summed E-state index contributed by atoms with van der Waals surface area (Å²) in [5.41, 5.74) is 1.06. The molecule has 2 amide bonds. The van der Waals surface area contributed by atoms with Gasteiger partial charge in [-0.15, -0.1) is 0 Å². The van der Waals surface area contributed by atoms with E-state index in [2.05, 4.69) is 15.6 Å². The van der Waals surface area contributed by atoms with E-state index in [9.17, 15) is 4.79 Å². The maximum Gasteiger partial charge on any atom is 0.324 e. The first-order valence-electron chi connectivity index (χ1n) is 4.33. The van der Waals surface area contributed by atoms with E-state index in [1.807, 2.05) is 19.9 Å². The summed E-state index contributed by atoms with van der Waals surface area (Å²) >= 11 is 0. The zero-order valence-electron chi connectivity index (χ0n) is 8.24. The van der Waals surface area contributed by atoms with Crippen molar-refractivity contribution in [2.45, 2.75) is 13.8 Å². The van der Waals surface area contributed by atoms with Crippen molar-refractivity contribution < 1.29 is 4.79 Å². The molecule has 4 heteroatoms. The number of carbonyl (C=O) groups excluding carboxylic acids is 1. The number of pyridine rings is 1. The number of hydrogen-bond donors (Lipinski definition) is 2. The second-order valence-electron chi connectivity index (χ2n) is 2.82. The number of rotatable bonds is 2. The quantitative estimate of drug-likeness (QED) is 0.751. The maximum atomic E-state index is 11.1. The van der Waals surface area contributed by atoms with Crippen molar-refractivity contribution >= 4 is 11.8 Å². The lowest BCUT2D eigenvalue weighted by atomic mass is 10.3. The van der Waals surface area contributed by atoms with Gasteiger partial charge < -0.3 is 5.32 Å². The fraction of sp³-hybridized carbons (Fsp3) is 0.200. The Bertz CT molecular complexity index is 330. The number of aromatic nitrogens is 1. The van der Waals surface area contributed by atoms with E-state index < -0.39 is 0 Å². The molecule has 2 N–H and O–H groups in total. The van der Waals surface area contributed by atoms with Crippen LogP contribution in [0.5, 0.6) is 0 Å². The molecule has 1 rings (SSSR count). The van der Waals surface area contributed by atoms with Crippen molar-refractivity contribution in [3.05, 3.63) is 36.2 Å². The average Bonchev–Trinajstić information content (AvgIpc) is 2.18. The molecule has 0 saturated carbocycles. The molecule has 0 saturated heterocycles. The van der Waals surface area contributed by atoms with E-state index in [0.29, 0.717) is 5.82 Å². The normalized spacial score (nSPS) is 10.1. The van der Waals surface area contributed by atoms with E-state index >= 15 is 0 Å². The summed E-state index contributed by atoms with van der Waals surface area (Å²) < 4.78 is 0. The fourth-order valence-corrected chi connectivity index (χ4v) is 0.853. The lowest BCUT2D eigenvalue weighted by molar-refractivity contribution is 0.255. The molecule has 0 radical (unpaired) electrons. The highest BCUT2D eigenvalue weighted by Gasteiger charge is 1.98. The Hall–Kier alpha value is -1.84. The van der Waals surface area contributed by atoms with Crippen LogP contribution in [0.3, 0.4) is 0 Å². The van der Waals surface area contributed by atoms with Crippen LogP contribution >= 0.6 is 0 Å². The zero-order valence-corrected chi connectivity index (χ0v) is 8.24. The van der Waals surface area contributed by atoms with Crippen LogP contribution in [0.2, 0.25) is 0 Å². The van der Waals surface area contributed by atoms with Gasteiger partial charge in [0.15, 0.2) is 0 Å². The zero-order chi connectivity index (χ0) is 10.4. The van der Waals surface area contributed by atoms with Crippen LogP contribution in [0, 0.1) is 6.92 Å². The van der Waals surface area contributed by atoms with Gasteiger partial charge in [-0.1, -0.05) is 12.1 Å². The standard InChI is InChI=1S/C10H13N3O/c1-3-6-11-10(14)13-9-5-4-8(2)7-12-9/h3-7H,1-2H3,(H2,11,12,13,14)/b6-3+. The molecule has 4 nitrogen and oxygen atoms in total. The molecule has 1 aromatic heterocycles. The minimum Gasteiger partial charge on any atom is -0.315 e. The molecule has 1 aromatic rings. The highest BCUT2D eigenvalue weighted by molar-refractivity contribution is 5.88. The summed E-state index contributed by atoms with van der Waals surface area (Å²) in [5.74, 6) is 0.539. The molecule has 0 atom stereocenters. The van der Waals surface area contributed by atoms with Gasteiger partial charge >= 0.3 is 6.03 Å². The van der Waals surface area contributed by atoms with Gasteiger partial charge in [-0.05, 0) is 25.5 Å². The lowest BCUT2D eigenvalue weighted by Gasteiger charge is -2.03. The molecule has 0 spiro atoms. The van der Waals surface area contributed by atoms with E-state index in [-0.39, 0.29) is 6.03 Å². The molecule has 0 unspecified atom stereocenters. The van der Waals surface area contributed by atoms with Crippen molar-refractivity contribution in [1.82, 2.24) is 10.3 Å². The summed E-state index contributed by atoms with van der Waals surface area (Å²) in [7, 11) is 0. The van der Waals surface area contributed by atoms with Gasteiger partial charge in [-0.3, -0.25) is 5.32 Å². The Balaban J connectivity index is 2.52. The minimum atomic E-state index is -0.292. The second-order valence-corrected chi connectivity index (χ2v) is 2.82. The van der Waals surface area contributed by atoms with Crippen LogP contribution in [-0.4, -0.2) is 11.0 Å². The fourth-order valence-electron chi connectivity index (χ4n) is 0.853. The molecule has 0 bridgehead atoms. The van der Waals surface area contributed by atoms with Crippen molar-refractivity contribution in [3.8, 4) is 0 Å². The summed E-state index contributed by atoms with van der Waals surface area (Å²) in [5, 5.41) is 5.12. The smallest absolute Gasteiger partial charge is 0.315 e. The van der Waals surface area contributed by atoms with Crippen molar-refractivity contribution in [3.63, 3.8) is 0 Å². The number of nitrogens with one attached hydrogen (secondary N) is 2. The number of urea groups is 1. The summed E-state index contributed by atoms with van der Waals surface area (Å²) in [6.07, 6.45) is 5.00. The number of amides is 2. The van der Waals surface area contributed by atoms with Crippen LogP contribution in [-0.2, 0) is 0 Å². The Kier molecular flexibility index (Phi) is 3.67. The Morgan fingerprint density at radius 1 is 1.50 bits per heavy atom. The number of allylic oxidation sites excluding steroid dienone is 1. The van der Waals surface area contributed by atoms with Gasteiger partial charge in [0.2, 0.25) is 0 Å². The predicted molar refractivity (Wildman–Crippen MR) is 55.9 cm³/mol. The van der Waals surface area contributed by atoms with Gasteiger partial charge in [0.25, 0.3) is 0 Å². The van der Waals surface area contributed by atoms with Crippen LogP contribution in [0.4, 0.5) is 10.6 Å². The summed E-state index contributed by atoms with van der Waals surface area (Å²) in [4.78, 5) is 15.2. The second kappa shape index (κ2) is 5.01. The number of hydrogen-bond acceptors (Lipinski definition) is 2. The Morgan fingerprint density at radius 3 is 2.86 bits per heavy atom. The molecule has 14 heavy (non-hydrogen) atoms.